The standard InChI is InChI=1S/C18H22ClFN4O/c1-2-24-13-16(19)17(21-24)18(25)23-11-9-22(10-12-23)8-7-14-3-5-15(20)6-4-14/h3-6,13H,2,7-12H2,1H3. The minimum atomic E-state index is -0.208. The first-order valence-corrected chi connectivity index (χ1v) is 8.93. The lowest BCUT2D eigenvalue weighted by Crippen LogP contribution is -2.49. The van der Waals surface area contributed by atoms with Gasteiger partial charge in [-0.05, 0) is 31.0 Å². The van der Waals surface area contributed by atoms with Crippen molar-refractivity contribution in [2.24, 2.45) is 0 Å². The van der Waals surface area contributed by atoms with Gasteiger partial charge in [0, 0.05) is 45.5 Å². The first kappa shape index (κ1) is 17.9. The molecule has 1 aromatic carbocycles. The lowest BCUT2D eigenvalue weighted by Gasteiger charge is -2.34. The Labute approximate surface area is 152 Å². The molecule has 1 fully saturated rings. The fraction of sp³-hybridized carbons (Fsp3) is 0.444. The second-order valence-corrected chi connectivity index (χ2v) is 6.60. The van der Waals surface area contributed by atoms with Gasteiger partial charge >= 0.3 is 0 Å². The maximum atomic E-state index is 12.9. The van der Waals surface area contributed by atoms with Crippen molar-refractivity contribution in [2.45, 2.75) is 19.9 Å². The summed E-state index contributed by atoms with van der Waals surface area (Å²) in [6.07, 6.45) is 2.56. The maximum absolute atomic E-state index is 12.9. The zero-order valence-corrected chi connectivity index (χ0v) is 15.0. The number of benzene rings is 1. The highest BCUT2D eigenvalue weighted by molar-refractivity contribution is 6.33. The van der Waals surface area contributed by atoms with Crippen LogP contribution in [0.15, 0.2) is 30.5 Å². The molecule has 0 radical (unpaired) electrons. The summed E-state index contributed by atoms with van der Waals surface area (Å²) in [4.78, 5) is 16.7. The van der Waals surface area contributed by atoms with Crippen LogP contribution in [0.4, 0.5) is 4.39 Å². The number of aromatic nitrogens is 2. The topological polar surface area (TPSA) is 41.4 Å². The molecule has 0 N–H and O–H groups in total. The van der Waals surface area contributed by atoms with Gasteiger partial charge in [0.1, 0.15) is 5.82 Å². The van der Waals surface area contributed by atoms with E-state index in [1.165, 1.54) is 12.1 Å². The monoisotopic (exact) mass is 364 g/mol. The third kappa shape index (κ3) is 4.38. The largest absolute Gasteiger partial charge is 0.335 e. The number of carbonyl (C=O) groups is 1. The van der Waals surface area contributed by atoms with E-state index in [2.05, 4.69) is 10.00 Å². The molecule has 5 nitrogen and oxygen atoms in total. The Morgan fingerprint density at radius 1 is 1.20 bits per heavy atom. The molecule has 0 spiro atoms. The van der Waals surface area contributed by atoms with Crippen LogP contribution in [0.25, 0.3) is 0 Å². The minimum absolute atomic E-state index is 0.101. The summed E-state index contributed by atoms with van der Waals surface area (Å²) in [6.45, 7) is 6.51. The average Bonchev–Trinajstić information content (AvgIpc) is 3.02. The van der Waals surface area contributed by atoms with Crippen LogP contribution in [-0.4, -0.2) is 58.2 Å². The van der Waals surface area contributed by atoms with Crippen LogP contribution in [0, 0.1) is 5.82 Å². The van der Waals surface area contributed by atoms with Crippen molar-refractivity contribution in [3.8, 4) is 0 Å². The lowest BCUT2D eigenvalue weighted by atomic mass is 10.1. The number of carbonyl (C=O) groups excluding carboxylic acids is 1. The van der Waals surface area contributed by atoms with Gasteiger partial charge < -0.3 is 4.90 Å². The van der Waals surface area contributed by atoms with Gasteiger partial charge in [-0.25, -0.2) is 4.39 Å². The van der Waals surface area contributed by atoms with E-state index in [1.807, 2.05) is 24.0 Å². The Kier molecular flexibility index (Phi) is 5.71. The van der Waals surface area contributed by atoms with Crippen LogP contribution < -0.4 is 0 Å². The van der Waals surface area contributed by atoms with E-state index in [9.17, 15) is 9.18 Å². The molecule has 25 heavy (non-hydrogen) atoms. The summed E-state index contributed by atoms with van der Waals surface area (Å²) in [5.74, 6) is -0.310. The van der Waals surface area contributed by atoms with E-state index >= 15 is 0 Å². The van der Waals surface area contributed by atoms with Crippen molar-refractivity contribution < 1.29 is 9.18 Å². The number of hydrogen-bond acceptors (Lipinski definition) is 3. The Morgan fingerprint density at radius 2 is 1.88 bits per heavy atom. The molecule has 3 rings (SSSR count). The maximum Gasteiger partial charge on any atom is 0.276 e. The molecule has 2 heterocycles. The zero-order valence-electron chi connectivity index (χ0n) is 14.3. The third-order valence-corrected chi connectivity index (χ3v) is 4.81. The lowest BCUT2D eigenvalue weighted by molar-refractivity contribution is 0.0632. The van der Waals surface area contributed by atoms with Gasteiger partial charge in [0.15, 0.2) is 5.69 Å². The van der Waals surface area contributed by atoms with Crippen LogP contribution in [0.2, 0.25) is 5.02 Å². The molecule has 1 amide bonds. The number of aryl methyl sites for hydroxylation is 1. The van der Waals surface area contributed by atoms with E-state index in [0.717, 1.165) is 31.6 Å². The number of halogens is 2. The molecular weight excluding hydrogens is 343 g/mol. The molecule has 0 atom stereocenters. The number of rotatable bonds is 5. The van der Waals surface area contributed by atoms with E-state index < -0.39 is 0 Å². The smallest absolute Gasteiger partial charge is 0.276 e. The van der Waals surface area contributed by atoms with Gasteiger partial charge in [0.25, 0.3) is 5.91 Å². The third-order valence-electron chi connectivity index (χ3n) is 4.53. The highest BCUT2D eigenvalue weighted by Crippen LogP contribution is 2.17. The van der Waals surface area contributed by atoms with Crippen molar-refractivity contribution in [1.82, 2.24) is 19.6 Å². The van der Waals surface area contributed by atoms with E-state index in [1.54, 1.807) is 10.9 Å². The Hall–Kier alpha value is -1.92. The first-order chi connectivity index (χ1) is 12.1. The summed E-state index contributed by atoms with van der Waals surface area (Å²) in [6, 6.07) is 6.62. The fourth-order valence-electron chi connectivity index (χ4n) is 2.97. The number of nitrogens with zero attached hydrogens (tertiary/aromatic N) is 4. The van der Waals surface area contributed by atoms with Crippen molar-refractivity contribution in [3.63, 3.8) is 0 Å². The van der Waals surface area contributed by atoms with E-state index in [4.69, 9.17) is 11.6 Å². The number of piperazine rings is 1. The summed E-state index contributed by atoms with van der Waals surface area (Å²) in [5.41, 5.74) is 1.46. The summed E-state index contributed by atoms with van der Waals surface area (Å²) < 4.78 is 14.6. The average molecular weight is 365 g/mol. The molecular formula is C18H22ClFN4O. The molecule has 1 aliphatic heterocycles. The van der Waals surface area contributed by atoms with Gasteiger partial charge in [-0.1, -0.05) is 23.7 Å². The van der Waals surface area contributed by atoms with E-state index in [0.29, 0.717) is 30.4 Å². The summed E-state index contributed by atoms with van der Waals surface area (Å²) in [5, 5.41) is 4.66. The van der Waals surface area contributed by atoms with E-state index in [-0.39, 0.29) is 11.7 Å². The molecule has 1 saturated heterocycles. The molecule has 1 aromatic heterocycles. The first-order valence-electron chi connectivity index (χ1n) is 8.56. The van der Waals surface area contributed by atoms with Crippen LogP contribution in [-0.2, 0) is 13.0 Å². The molecule has 0 unspecified atom stereocenters. The van der Waals surface area contributed by atoms with Crippen LogP contribution in [0.3, 0.4) is 0 Å². The van der Waals surface area contributed by atoms with Crippen molar-refractivity contribution in [1.29, 1.82) is 0 Å². The molecule has 7 heteroatoms. The second-order valence-electron chi connectivity index (χ2n) is 6.19. The van der Waals surface area contributed by atoms with Crippen molar-refractivity contribution in [2.75, 3.05) is 32.7 Å². The van der Waals surface area contributed by atoms with Gasteiger partial charge in [-0.3, -0.25) is 14.4 Å². The normalized spacial score (nSPS) is 15.6. The summed E-state index contributed by atoms with van der Waals surface area (Å²) >= 11 is 6.13. The number of amides is 1. The molecule has 2 aromatic rings. The van der Waals surface area contributed by atoms with Crippen LogP contribution in [0.5, 0.6) is 0 Å². The second kappa shape index (κ2) is 7.97. The van der Waals surface area contributed by atoms with Crippen molar-refractivity contribution in [3.05, 3.63) is 52.6 Å². The van der Waals surface area contributed by atoms with Crippen molar-refractivity contribution >= 4 is 17.5 Å². The Balaban J connectivity index is 1.50. The van der Waals surface area contributed by atoms with Gasteiger partial charge in [-0.15, -0.1) is 0 Å². The highest BCUT2D eigenvalue weighted by atomic mass is 35.5. The SMILES string of the molecule is CCn1cc(Cl)c(C(=O)N2CCN(CCc3ccc(F)cc3)CC2)n1. The Bertz CT molecular complexity index is 723. The molecule has 0 bridgehead atoms. The molecule has 0 saturated carbocycles. The van der Waals surface area contributed by atoms with Gasteiger partial charge in [-0.2, -0.15) is 5.10 Å². The fourth-order valence-corrected chi connectivity index (χ4v) is 3.20. The summed E-state index contributed by atoms with van der Waals surface area (Å²) in [7, 11) is 0. The van der Waals surface area contributed by atoms with Crippen LogP contribution in [0.1, 0.15) is 23.0 Å². The molecule has 134 valence electrons. The number of hydrogen-bond donors (Lipinski definition) is 0. The zero-order chi connectivity index (χ0) is 17.8. The molecule has 1 aliphatic rings. The van der Waals surface area contributed by atoms with Gasteiger partial charge in [0.2, 0.25) is 0 Å². The Morgan fingerprint density at radius 3 is 2.48 bits per heavy atom. The van der Waals surface area contributed by atoms with Crippen LogP contribution >= 0.6 is 11.6 Å². The minimum Gasteiger partial charge on any atom is -0.335 e. The quantitative estimate of drug-likeness (QED) is 0.819. The van der Waals surface area contributed by atoms with Gasteiger partial charge in [0.05, 0.1) is 5.02 Å². The highest BCUT2D eigenvalue weighted by Gasteiger charge is 2.25. The molecule has 0 aliphatic carbocycles. The predicted octanol–water partition coefficient (Wildman–Crippen LogP) is 2.70. The predicted molar refractivity (Wildman–Crippen MR) is 95.4 cm³/mol.